The number of unbranched alkanes of at least 4 members (excludes halogenated alkanes) is 3. The molecule has 0 radical (unpaired) electrons. The van der Waals surface area contributed by atoms with Gasteiger partial charge in [-0.1, -0.05) is 24.6 Å². The predicted octanol–water partition coefficient (Wildman–Crippen LogP) is 5.45. The molecule has 2 unspecified atom stereocenters. The molecule has 21 nitrogen and oxygen atoms in total. The number of ether oxygens (including phenoxy) is 4. The van der Waals surface area contributed by atoms with Crippen molar-refractivity contribution in [1.29, 1.82) is 0 Å². The van der Waals surface area contributed by atoms with Crippen LogP contribution in [-0.4, -0.2) is 174 Å². The summed E-state index contributed by atoms with van der Waals surface area (Å²) in [6, 6.07) is 20.3. The number of aliphatic hydroxyl groups is 1. The summed E-state index contributed by atoms with van der Waals surface area (Å²) in [6.45, 7) is 8.12. The summed E-state index contributed by atoms with van der Waals surface area (Å²) in [5.41, 5.74) is 2.79. The summed E-state index contributed by atoms with van der Waals surface area (Å²) in [6.07, 6.45) is 8.33. The molecule has 0 aliphatic carbocycles. The normalized spacial score (nSPS) is 18.7. The van der Waals surface area contributed by atoms with Crippen molar-refractivity contribution in [1.82, 2.24) is 45.5 Å². The topological polar surface area (TPSA) is 246 Å². The number of hydrogen-bond acceptors (Lipinski definition) is 16. The van der Waals surface area contributed by atoms with Gasteiger partial charge in [-0.25, -0.2) is 9.37 Å². The van der Waals surface area contributed by atoms with E-state index in [1.807, 2.05) is 67.6 Å². The molecule has 22 heteroatoms. The molecule has 0 bridgehead atoms. The average Bonchev–Trinajstić information content (AvgIpc) is 4.07. The van der Waals surface area contributed by atoms with E-state index in [4.69, 9.17) is 23.9 Å². The minimum Gasteiger partial charge on any atom is -0.494 e. The molecule has 0 saturated carbocycles. The van der Waals surface area contributed by atoms with Crippen molar-refractivity contribution in [2.75, 3.05) is 103 Å². The molecule has 3 atom stereocenters. The quantitative estimate of drug-likeness (QED) is 0.0341. The fourth-order valence-corrected chi connectivity index (χ4v) is 10.5. The Hall–Kier alpha value is -7.37. The summed E-state index contributed by atoms with van der Waals surface area (Å²) < 4.78 is 38.5. The van der Waals surface area contributed by atoms with Gasteiger partial charge in [0.1, 0.15) is 23.8 Å². The van der Waals surface area contributed by atoms with Crippen LogP contribution in [0.15, 0.2) is 85.2 Å². The van der Waals surface area contributed by atoms with Crippen molar-refractivity contribution < 1.29 is 52.4 Å². The Bertz CT molecular complexity index is 2930. The number of piperidine rings is 2. The second kappa shape index (κ2) is 27.2. The van der Waals surface area contributed by atoms with Crippen molar-refractivity contribution in [2.45, 2.75) is 88.6 Å². The van der Waals surface area contributed by atoms with Crippen LogP contribution < -0.4 is 25.6 Å². The van der Waals surface area contributed by atoms with Crippen LogP contribution in [0.3, 0.4) is 0 Å². The third-order valence-corrected chi connectivity index (χ3v) is 15.2. The van der Waals surface area contributed by atoms with Crippen LogP contribution in [-0.2, 0) is 29.3 Å². The number of hydrogen-bond donors (Lipinski definition) is 5. The number of carbonyl (C=O) groups excluding carboxylic acids is 5. The number of piperazine rings is 1. The van der Waals surface area contributed by atoms with Crippen molar-refractivity contribution in [3.8, 4) is 17.1 Å². The Morgan fingerprint density at radius 1 is 0.800 bits per heavy atom. The number of halogens is 1. The minimum absolute atomic E-state index is 0.0207. The van der Waals surface area contributed by atoms with E-state index in [-0.39, 0.29) is 60.5 Å². The van der Waals surface area contributed by atoms with Crippen molar-refractivity contribution in [3.63, 3.8) is 0 Å². The summed E-state index contributed by atoms with van der Waals surface area (Å²) in [5.74, 6) is -0.851. The highest BCUT2D eigenvalue weighted by Crippen LogP contribution is 2.37. The van der Waals surface area contributed by atoms with E-state index in [9.17, 15) is 29.1 Å². The molecule has 0 spiro atoms. The van der Waals surface area contributed by atoms with Gasteiger partial charge in [0, 0.05) is 75.1 Å². The van der Waals surface area contributed by atoms with Crippen LogP contribution in [0.25, 0.3) is 11.4 Å². The second-order valence-electron chi connectivity index (χ2n) is 20.8. The zero-order valence-corrected chi connectivity index (χ0v) is 45.5. The predicted molar refractivity (Wildman–Crippen MR) is 294 cm³/mol. The molecule has 3 saturated heterocycles. The smallest absolute Gasteiger partial charge is 0.262 e. The maximum absolute atomic E-state index is 15.4. The van der Waals surface area contributed by atoms with Crippen LogP contribution in [0, 0.1) is 5.82 Å². The lowest BCUT2D eigenvalue weighted by molar-refractivity contribution is -0.133. The monoisotopic (exact) mass is 1100 g/mol. The number of likely N-dealkylation sites (tertiary alicyclic amines) is 1. The first-order valence-electron chi connectivity index (χ1n) is 27.8. The van der Waals surface area contributed by atoms with E-state index in [1.54, 1.807) is 22.2 Å². The van der Waals surface area contributed by atoms with Gasteiger partial charge < -0.3 is 54.7 Å². The van der Waals surface area contributed by atoms with E-state index in [1.165, 1.54) is 6.07 Å². The molecule has 4 aliphatic rings. The van der Waals surface area contributed by atoms with Gasteiger partial charge in [-0.2, -0.15) is 5.10 Å². The van der Waals surface area contributed by atoms with E-state index >= 15 is 4.39 Å². The van der Waals surface area contributed by atoms with Crippen LogP contribution in [0.1, 0.15) is 113 Å². The van der Waals surface area contributed by atoms with Gasteiger partial charge >= 0.3 is 0 Å². The molecular weight excluding hydrogens is 1030 g/mol. The van der Waals surface area contributed by atoms with Crippen molar-refractivity contribution >= 4 is 40.9 Å². The standard InChI is InChI=1S/C58H72FN11O10/c1-39(61-53(73)42-10-7-11-43(35-42)64-58(18-22-67(2)23-19-58)57-63-52(65-66-57)40-15-20-60-21-16-40)41-9-8-12-44(36-41)80-29-6-4-3-5-28-77-31-33-79-34-32-78-30-17-51(72)69-26-24-68(25-27-69)49-38-46-45(37-47(49)59)55(75)70(56(46)76)48-13-14-50(71)62-54(48)74/h7-12,15-16,20-21,35-39,48,50,64,71H,3-6,13-14,17-19,22-34H2,1-2H3,(H,61,73)(H,62,74)(H,63,65,66)/t39-,48?,50?/m1/s1. The Morgan fingerprint density at radius 3 is 2.23 bits per heavy atom. The fourth-order valence-electron chi connectivity index (χ4n) is 10.5. The highest BCUT2D eigenvalue weighted by molar-refractivity contribution is 6.23. The second-order valence-corrected chi connectivity index (χ2v) is 20.8. The molecule has 5 aromatic rings. The third kappa shape index (κ3) is 14.3. The lowest BCUT2D eigenvalue weighted by atomic mass is 9.86. The third-order valence-electron chi connectivity index (χ3n) is 15.2. The van der Waals surface area contributed by atoms with Gasteiger partial charge in [0.25, 0.3) is 17.7 Å². The number of fused-ring (bicyclic) bond motifs is 1. The van der Waals surface area contributed by atoms with Crippen LogP contribution in [0.2, 0.25) is 0 Å². The van der Waals surface area contributed by atoms with Crippen molar-refractivity contribution in [3.05, 3.63) is 119 Å². The maximum atomic E-state index is 15.4. The molecule has 2 aromatic heterocycles. The number of benzene rings is 3. The molecule has 3 aromatic carbocycles. The first kappa shape index (κ1) is 57.3. The summed E-state index contributed by atoms with van der Waals surface area (Å²) >= 11 is 0. The molecular formula is C58H72FN11O10. The number of carbonyl (C=O) groups is 5. The number of aromatic nitrogens is 4. The highest BCUT2D eigenvalue weighted by Gasteiger charge is 2.45. The summed E-state index contributed by atoms with van der Waals surface area (Å²) in [5, 5.41) is 26.7. The number of pyridine rings is 1. The number of H-pyrrole nitrogens is 1. The highest BCUT2D eigenvalue weighted by atomic mass is 19.1. The van der Waals surface area contributed by atoms with Gasteiger partial charge in [-0.3, -0.25) is 39.0 Å². The number of anilines is 2. The number of nitrogens with one attached hydrogen (secondary N) is 4. The van der Waals surface area contributed by atoms with E-state index in [0.29, 0.717) is 77.2 Å². The molecule has 3 fully saturated rings. The largest absolute Gasteiger partial charge is 0.494 e. The minimum atomic E-state index is -1.08. The number of aliphatic hydroxyl groups excluding tert-OH is 1. The maximum Gasteiger partial charge on any atom is 0.262 e. The Morgan fingerprint density at radius 2 is 1.49 bits per heavy atom. The number of aromatic amines is 1. The summed E-state index contributed by atoms with van der Waals surface area (Å²) in [7, 11) is 2.12. The molecule has 5 amide bonds. The molecule has 9 rings (SSSR count). The molecule has 80 heavy (non-hydrogen) atoms. The van der Waals surface area contributed by atoms with Crippen LogP contribution >= 0.6 is 0 Å². The van der Waals surface area contributed by atoms with Gasteiger partial charge in [-0.05, 0) is 119 Å². The first-order chi connectivity index (χ1) is 38.9. The molecule has 6 heterocycles. The zero-order valence-electron chi connectivity index (χ0n) is 45.5. The molecule has 426 valence electrons. The zero-order chi connectivity index (χ0) is 56.0. The molecule has 5 N–H and O–H groups in total. The van der Waals surface area contributed by atoms with Crippen molar-refractivity contribution in [2.24, 2.45) is 0 Å². The van der Waals surface area contributed by atoms with Gasteiger partial charge in [-0.15, -0.1) is 0 Å². The number of nitrogens with zero attached hydrogens (tertiary/aromatic N) is 7. The SMILES string of the molecule is C[C@@H](NC(=O)c1cccc(NC2(c3nc(-c4ccncc4)n[nH]3)CCN(C)CC2)c1)c1cccc(OCCCCCCOCCOCCOCCC(=O)N2CCN(c3cc4c(cc3F)C(=O)N(C3CCC(O)NC3=O)C4=O)CC2)c1. The van der Waals surface area contributed by atoms with E-state index < -0.39 is 41.3 Å². The number of imide groups is 1. The van der Waals surface area contributed by atoms with E-state index in [0.717, 1.165) is 91.0 Å². The van der Waals surface area contributed by atoms with Crippen LogP contribution in [0.5, 0.6) is 5.75 Å². The fraction of sp³-hybridized carbons (Fsp3) is 0.483. The van der Waals surface area contributed by atoms with Crippen LogP contribution in [0.4, 0.5) is 15.8 Å². The summed E-state index contributed by atoms with van der Waals surface area (Å²) in [4.78, 5) is 81.0. The first-order valence-corrected chi connectivity index (χ1v) is 27.8. The van der Waals surface area contributed by atoms with Gasteiger partial charge in [0.15, 0.2) is 11.6 Å². The number of rotatable bonds is 26. The number of amides is 5. The van der Waals surface area contributed by atoms with Gasteiger partial charge in [0.05, 0.1) is 74.5 Å². The van der Waals surface area contributed by atoms with Gasteiger partial charge in [0.2, 0.25) is 11.8 Å². The van der Waals surface area contributed by atoms with E-state index in [2.05, 4.69) is 43.1 Å². The Balaban J connectivity index is 0.591. The lowest BCUT2D eigenvalue weighted by Crippen LogP contribution is -2.55. The lowest BCUT2D eigenvalue weighted by Gasteiger charge is -2.40. The average molecular weight is 1100 g/mol. The molecule has 4 aliphatic heterocycles. The Kier molecular flexibility index (Phi) is 19.5. The Labute approximate surface area is 464 Å².